The van der Waals surface area contributed by atoms with E-state index in [-0.39, 0.29) is 11.8 Å². The number of carbonyl (C=O) groups excluding carboxylic acids is 1. The van der Waals surface area contributed by atoms with Crippen molar-refractivity contribution in [1.82, 2.24) is 24.8 Å². The van der Waals surface area contributed by atoms with Gasteiger partial charge in [-0.05, 0) is 30.5 Å². The van der Waals surface area contributed by atoms with Gasteiger partial charge in [0.1, 0.15) is 17.3 Å². The maximum Gasteiger partial charge on any atom is 0.226 e. The molecule has 0 radical (unpaired) electrons. The SMILES string of the molecule is COc1cccc(CC(=O)N2CCC(c3cc(N(C)C)nc(-c4cnccn4)n3)CC2)c1. The third kappa shape index (κ3) is 5.01. The normalized spacial score (nSPS) is 14.3. The Labute approximate surface area is 188 Å². The minimum atomic E-state index is 0.147. The average Bonchev–Trinajstić information content (AvgIpc) is 2.84. The molecule has 0 aliphatic carbocycles. The van der Waals surface area contributed by atoms with E-state index in [4.69, 9.17) is 9.72 Å². The van der Waals surface area contributed by atoms with Crippen LogP contribution in [0.1, 0.15) is 30.0 Å². The van der Waals surface area contributed by atoms with Gasteiger partial charge in [-0.15, -0.1) is 0 Å². The standard InChI is InChI=1S/C24H28N6O2/c1-29(2)22-15-20(27-24(28-22)21-16-25-9-10-26-21)18-7-11-30(12-8-18)23(31)14-17-5-4-6-19(13-17)32-3/h4-6,9-10,13,15-16,18H,7-8,11-12,14H2,1-3H3. The van der Waals surface area contributed by atoms with Gasteiger partial charge in [-0.1, -0.05) is 12.1 Å². The molecule has 8 nitrogen and oxygen atoms in total. The highest BCUT2D eigenvalue weighted by molar-refractivity contribution is 5.79. The van der Waals surface area contributed by atoms with Crippen LogP contribution in [0.2, 0.25) is 0 Å². The average molecular weight is 433 g/mol. The van der Waals surface area contributed by atoms with Crippen molar-refractivity contribution >= 4 is 11.7 Å². The van der Waals surface area contributed by atoms with Crippen LogP contribution < -0.4 is 9.64 Å². The fourth-order valence-electron chi connectivity index (χ4n) is 3.91. The molecule has 0 bridgehead atoms. The zero-order chi connectivity index (χ0) is 22.5. The minimum absolute atomic E-state index is 0.147. The van der Waals surface area contributed by atoms with Crippen LogP contribution in [0.15, 0.2) is 48.9 Å². The highest BCUT2D eigenvalue weighted by atomic mass is 16.5. The molecular formula is C24H28N6O2. The van der Waals surface area contributed by atoms with E-state index >= 15 is 0 Å². The van der Waals surface area contributed by atoms with Gasteiger partial charge in [-0.25, -0.2) is 15.0 Å². The lowest BCUT2D eigenvalue weighted by atomic mass is 9.92. The number of hydrogen-bond acceptors (Lipinski definition) is 7. The zero-order valence-corrected chi connectivity index (χ0v) is 18.7. The molecule has 1 aliphatic heterocycles. The van der Waals surface area contributed by atoms with E-state index in [1.165, 1.54) is 0 Å². The van der Waals surface area contributed by atoms with Gasteiger partial charge < -0.3 is 14.5 Å². The molecule has 0 atom stereocenters. The largest absolute Gasteiger partial charge is 0.497 e. The van der Waals surface area contributed by atoms with E-state index in [2.05, 4.69) is 15.0 Å². The summed E-state index contributed by atoms with van der Waals surface area (Å²) < 4.78 is 5.26. The monoisotopic (exact) mass is 432 g/mol. The Morgan fingerprint density at radius 3 is 2.66 bits per heavy atom. The predicted molar refractivity (Wildman–Crippen MR) is 123 cm³/mol. The molecule has 1 amide bonds. The lowest BCUT2D eigenvalue weighted by Crippen LogP contribution is -2.39. The van der Waals surface area contributed by atoms with Crippen LogP contribution in [0.4, 0.5) is 5.82 Å². The number of anilines is 1. The van der Waals surface area contributed by atoms with Gasteiger partial charge in [0.05, 0.1) is 19.7 Å². The molecule has 1 aromatic carbocycles. The number of benzene rings is 1. The molecule has 2 aromatic heterocycles. The molecule has 166 valence electrons. The van der Waals surface area contributed by atoms with Crippen molar-refractivity contribution in [3.8, 4) is 17.3 Å². The van der Waals surface area contributed by atoms with Crippen LogP contribution in [0.25, 0.3) is 11.5 Å². The predicted octanol–water partition coefficient (Wildman–Crippen LogP) is 2.96. The molecule has 1 aliphatic rings. The van der Waals surface area contributed by atoms with E-state index in [0.29, 0.717) is 17.9 Å². The van der Waals surface area contributed by atoms with Crippen LogP contribution in [-0.4, -0.2) is 65.0 Å². The first-order valence-corrected chi connectivity index (χ1v) is 10.8. The first-order chi connectivity index (χ1) is 15.5. The molecule has 3 aromatic rings. The topological polar surface area (TPSA) is 84.3 Å². The summed E-state index contributed by atoms with van der Waals surface area (Å²) in [7, 11) is 5.56. The molecule has 8 heteroatoms. The Morgan fingerprint density at radius 1 is 1.16 bits per heavy atom. The quantitative estimate of drug-likeness (QED) is 0.592. The van der Waals surface area contributed by atoms with E-state index < -0.39 is 0 Å². The molecule has 0 N–H and O–H groups in total. The molecule has 4 rings (SSSR count). The van der Waals surface area contributed by atoms with Gasteiger partial charge >= 0.3 is 0 Å². The maximum absolute atomic E-state index is 12.8. The highest BCUT2D eigenvalue weighted by Crippen LogP contribution is 2.30. The van der Waals surface area contributed by atoms with Crippen LogP contribution in [0.5, 0.6) is 5.75 Å². The Morgan fingerprint density at radius 2 is 1.97 bits per heavy atom. The van der Waals surface area contributed by atoms with Crippen molar-refractivity contribution in [2.75, 3.05) is 39.2 Å². The Kier molecular flexibility index (Phi) is 6.58. The van der Waals surface area contributed by atoms with Crippen molar-refractivity contribution in [2.24, 2.45) is 0 Å². The highest BCUT2D eigenvalue weighted by Gasteiger charge is 2.26. The number of amides is 1. The van der Waals surface area contributed by atoms with Gasteiger partial charge in [-0.2, -0.15) is 0 Å². The third-order valence-electron chi connectivity index (χ3n) is 5.74. The lowest BCUT2D eigenvalue weighted by molar-refractivity contribution is -0.131. The van der Waals surface area contributed by atoms with Crippen molar-refractivity contribution in [3.05, 3.63) is 60.2 Å². The molecule has 1 fully saturated rings. The second kappa shape index (κ2) is 9.72. The molecule has 32 heavy (non-hydrogen) atoms. The van der Waals surface area contributed by atoms with Crippen molar-refractivity contribution in [2.45, 2.75) is 25.2 Å². The summed E-state index contributed by atoms with van der Waals surface area (Å²) in [5.74, 6) is 2.61. The number of aromatic nitrogens is 4. The fraction of sp³-hybridized carbons (Fsp3) is 0.375. The van der Waals surface area contributed by atoms with Gasteiger partial charge in [0.2, 0.25) is 5.91 Å². The van der Waals surface area contributed by atoms with Crippen molar-refractivity contribution < 1.29 is 9.53 Å². The van der Waals surface area contributed by atoms with Gasteiger partial charge in [-0.3, -0.25) is 9.78 Å². The summed E-state index contributed by atoms with van der Waals surface area (Å²) >= 11 is 0. The van der Waals surface area contributed by atoms with Crippen LogP contribution in [0, 0.1) is 0 Å². The summed E-state index contributed by atoms with van der Waals surface area (Å²) in [4.78, 5) is 34.7. The Bertz CT molecular complexity index is 1070. The van der Waals surface area contributed by atoms with Crippen molar-refractivity contribution in [3.63, 3.8) is 0 Å². The van der Waals surface area contributed by atoms with Crippen LogP contribution in [0.3, 0.4) is 0 Å². The molecule has 3 heterocycles. The van der Waals surface area contributed by atoms with Crippen LogP contribution in [-0.2, 0) is 11.2 Å². The molecule has 0 unspecified atom stereocenters. The second-order valence-corrected chi connectivity index (χ2v) is 8.14. The summed E-state index contributed by atoms with van der Waals surface area (Å²) in [6.45, 7) is 1.44. The van der Waals surface area contributed by atoms with Gasteiger partial charge in [0, 0.05) is 57.3 Å². The first-order valence-electron chi connectivity index (χ1n) is 10.8. The third-order valence-corrected chi connectivity index (χ3v) is 5.74. The fourth-order valence-corrected chi connectivity index (χ4v) is 3.91. The maximum atomic E-state index is 12.8. The zero-order valence-electron chi connectivity index (χ0n) is 18.7. The van der Waals surface area contributed by atoms with E-state index in [1.54, 1.807) is 25.7 Å². The minimum Gasteiger partial charge on any atom is -0.497 e. The van der Waals surface area contributed by atoms with E-state index in [9.17, 15) is 4.79 Å². The molecule has 1 saturated heterocycles. The lowest BCUT2D eigenvalue weighted by Gasteiger charge is -2.32. The number of rotatable bonds is 6. The smallest absolute Gasteiger partial charge is 0.226 e. The Balaban J connectivity index is 1.45. The van der Waals surface area contributed by atoms with Gasteiger partial charge in [0.25, 0.3) is 0 Å². The van der Waals surface area contributed by atoms with E-state index in [0.717, 1.165) is 48.8 Å². The molecule has 0 spiro atoms. The van der Waals surface area contributed by atoms with Crippen molar-refractivity contribution in [1.29, 1.82) is 0 Å². The molecule has 0 saturated carbocycles. The number of ether oxygens (including phenoxy) is 1. The summed E-state index contributed by atoms with van der Waals surface area (Å²) in [5.41, 5.74) is 2.61. The summed E-state index contributed by atoms with van der Waals surface area (Å²) in [5, 5.41) is 0. The van der Waals surface area contributed by atoms with Crippen LogP contribution >= 0.6 is 0 Å². The summed E-state index contributed by atoms with van der Waals surface area (Å²) in [6.07, 6.45) is 7.09. The number of nitrogens with zero attached hydrogens (tertiary/aromatic N) is 6. The van der Waals surface area contributed by atoms with Gasteiger partial charge in [0.15, 0.2) is 5.82 Å². The number of methoxy groups -OCH3 is 1. The number of likely N-dealkylation sites (tertiary alicyclic amines) is 1. The first kappa shape index (κ1) is 21.7. The number of carbonyl (C=O) groups is 1. The number of piperidine rings is 1. The Hall–Kier alpha value is -3.55. The second-order valence-electron chi connectivity index (χ2n) is 8.14. The molecular weight excluding hydrogens is 404 g/mol. The summed E-state index contributed by atoms with van der Waals surface area (Å²) in [6, 6.07) is 9.73. The number of hydrogen-bond donors (Lipinski definition) is 0. The van der Waals surface area contributed by atoms with E-state index in [1.807, 2.05) is 54.2 Å².